The fourth-order valence-corrected chi connectivity index (χ4v) is 2.27. The van der Waals surface area contributed by atoms with Crippen molar-refractivity contribution in [3.8, 4) is 0 Å². The Bertz CT molecular complexity index is 690. The summed E-state index contributed by atoms with van der Waals surface area (Å²) in [5, 5.41) is 0. The standard InChI is InChI=1S/C9H12.C8H9.2C5H6.2C3H8.W/c1-3-9-6-4-8(2)5-7-9;1-2-8-6-4-3-5-7-8;2*1-2-4-5-3-1;2*1-3-2;/h4-7H,3H2,1-2H3;4-7H,2H2,1H3;2*1-4H,5H2;2*3H2,1-2H3;/q;-1;;;;;. The van der Waals surface area contributed by atoms with Crippen molar-refractivity contribution in [1.82, 2.24) is 0 Å². The van der Waals surface area contributed by atoms with Crippen molar-refractivity contribution in [2.45, 2.75) is 87.0 Å². The van der Waals surface area contributed by atoms with Crippen LogP contribution in [0, 0.1) is 13.0 Å². The van der Waals surface area contributed by atoms with E-state index in [-0.39, 0.29) is 21.1 Å². The van der Waals surface area contributed by atoms with Gasteiger partial charge in [0.2, 0.25) is 0 Å². The summed E-state index contributed by atoms with van der Waals surface area (Å²) in [5.41, 5.74) is 4.14. The maximum atomic E-state index is 2.97. The van der Waals surface area contributed by atoms with E-state index in [1.165, 1.54) is 29.5 Å². The molecule has 0 spiro atoms. The second kappa shape index (κ2) is 31.1. The molecule has 0 atom stereocenters. The van der Waals surface area contributed by atoms with E-state index in [4.69, 9.17) is 0 Å². The van der Waals surface area contributed by atoms with Crippen LogP contribution >= 0.6 is 0 Å². The fourth-order valence-electron chi connectivity index (χ4n) is 2.27. The molecule has 0 bridgehead atoms. The van der Waals surface area contributed by atoms with E-state index in [1.807, 2.05) is 12.1 Å². The molecule has 0 saturated carbocycles. The third-order valence-electron chi connectivity index (χ3n) is 4.04. The van der Waals surface area contributed by atoms with Crippen molar-refractivity contribution in [2.24, 2.45) is 0 Å². The predicted molar refractivity (Wildman–Crippen MR) is 153 cm³/mol. The summed E-state index contributed by atoms with van der Waals surface area (Å²) < 4.78 is 0. The van der Waals surface area contributed by atoms with E-state index < -0.39 is 0 Å². The van der Waals surface area contributed by atoms with Crippen molar-refractivity contribution in [3.63, 3.8) is 0 Å². The van der Waals surface area contributed by atoms with Gasteiger partial charge >= 0.3 is 0 Å². The van der Waals surface area contributed by atoms with Gasteiger partial charge < -0.3 is 0 Å². The topological polar surface area (TPSA) is 0 Å². The van der Waals surface area contributed by atoms with E-state index >= 15 is 0 Å². The summed E-state index contributed by atoms with van der Waals surface area (Å²) in [5.74, 6) is 0. The Morgan fingerprint density at radius 3 is 1.12 bits per heavy atom. The molecule has 0 amide bonds. The van der Waals surface area contributed by atoms with E-state index in [9.17, 15) is 0 Å². The Morgan fingerprint density at radius 2 is 0.882 bits per heavy atom. The van der Waals surface area contributed by atoms with Crippen molar-refractivity contribution < 1.29 is 21.1 Å². The number of hydrogen-bond acceptors (Lipinski definition) is 0. The van der Waals surface area contributed by atoms with Gasteiger partial charge in [-0.05, 0) is 31.7 Å². The normalized spacial score (nSPS) is 10.9. The Balaban J connectivity index is -0.000000354. The summed E-state index contributed by atoms with van der Waals surface area (Å²) in [4.78, 5) is 0. The van der Waals surface area contributed by atoms with Gasteiger partial charge in [-0.25, -0.2) is 0 Å². The summed E-state index contributed by atoms with van der Waals surface area (Å²) in [7, 11) is 0. The van der Waals surface area contributed by atoms with Gasteiger partial charge in [-0.15, -0.1) is 0 Å². The molecule has 4 rings (SSSR count). The van der Waals surface area contributed by atoms with Gasteiger partial charge in [-0.2, -0.15) is 35.9 Å². The van der Waals surface area contributed by atoms with Crippen LogP contribution in [0.1, 0.15) is 83.9 Å². The maximum Gasteiger partial charge on any atom is 0 e. The van der Waals surface area contributed by atoms with Crippen molar-refractivity contribution in [3.05, 3.63) is 120 Å². The number of allylic oxidation sites excluding steroid dienone is 8. The van der Waals surface area contributed by atoms with Crippen molar-refractivity contribution >= 4 is 0 Å². The van der Waals surface area contributed by atoms with Crippen LogP contribution in [0.5, 0.6) is 0 Å². The fraction of sp³-hybridized carbons (Fsp3) is 0.394. The minimum atomic E-state index is 0. The van der Waals surface area contributed by atoms with Gasteiger partial charge in [-0.3, -0.25) is 0 Å². The first-order valence-corrected chi connectivity index (χ1v) is 12.7. The van der Waals surface area contributed by atoms with Gasteiger partial charge in [-0.1, -0.05) is 139 Å². The first-order chi connectivity index (χ1) is 16.1. The minimum absolute atomic E-state index is 0. The van der Waals surface area contributed by atoms with Gasteiger partial charge in [0.1, 0.15) is 0 Å². The molecule has 0 fully saturated rings. The zero-order chi connectivity index (χ0) is 25.0. The Kier molecular flexibility index (Phi) is 33.5. The van der Waals surface area contributed by atoms with Gasteiger partial charge in [0, 0.05) is 21.1 Å². The van der Waals surface area contributed by atoms with Crippen LogP contribution in [0.3, 0.4) is 0 Å². The predicted octanol–water partition coefficient (Wildman–Crippen LogP) is 10.4. The molecule has 2 aromatic rings. The van der Waals surface area contributed by atoms with Crippen LogP contribution < -0.4 is 0 Å². The minimum Gasteiger partial charge on any atom is -0.184 e. The van der Waals surface area contributed by atoms with Gasteiger partial charge in [0.25, 0.3) is 0 Å². The number of rotatable bonds is 2. The van der Waals surface area contributed by atoms with Crippen molar-refractivity contribution in [1.29, 1.82) is 0 Å². The smallest absolute Gasteiger partial charge is 0 e. The van der Waals surface area contributed by atoms with Gasteiger partial charge in [0.15, 0.2) is 0 Å². The van der Waals surface area contributed by atoms with E-state index in [0.29, 0.717) is 0 Å². The SMILES string of the molecule is C1=CCC=C1.C1=CCC=C1.CCC.CCC.CCc1cc[c-]cc1.CCc1ccc(C)cc1.[W]. The van der Waals surface area contributed by atoms with Crippen LogP contribution in [0.4, 0.5) is 0 Å². The second-order valence-electron chi connectivity index (χ2n) is 7.70. The van der Waals surface area contributed by atoms with E-state index in [2.05, 4.69) is 140 Å². The monoisotopic (exact) mass is 629 g/mol. The van der Waals surface area contributed by atoms with E-state index in [1.54, 1.807) is 0 Å². The average molecular weight is 630 g/mol. The van der Waals surface area contributed by atoms with Crippen LogP contribution in [-0.4, -0.2) is 0 Å². The number of aryl methyl sites for hydroxylation is 3. The first kappa shape index (κ1) is 36.7. The molecule has 188 valence electrons. The molecule has 0 N–H and O–H groups in total. The molecular formula is C33H49W-. The molecular weight excluding hydrogens is 580 g/mol. The zero-order valence-electron chi connectivity index (χ0n) is 22.9. The van der Waals surface area contributed by atoms with Gasteiger partial charge in [0.05, 0.1) is 0 Å². The Morgan fingerprint density at radius 1 is 0.559 bits per heavy atom. The molecule has 0 aliphatic heterocycles. The summed E-state index contributed by atoms with van der Waals surface area (Å²) in [6, 6.07) is 19.7. The molecule has 0 unspecified atom stereocenters. The largest absolute Gasteiger partial charge is 0.184 e. The van der Waals surface area contributed by atoms with Crippen LogP contribution in [0.2, 0.25) is 0 Å². The van der Waals surface area contributed by atoms with Crippen LogP contribution in [-0.2, 0) is 33.9 Å². The van der Waals surface area contributed by atoms with E-state index in [0.717, 1.165) is 25.7 Å². The molecule has 0 aromatic heterocycles. The molecule has 1 heteroatoms. The molecule has 0 saturated heterocycles. The Hall–Kier alpha value is -1.91. The molecule has 2 aliphatic carbocycles. The van der Waals surface area contributed by atoms with Crippen LogP contribution in [0.25, 0.3) is 0 Å². The summed E-state index contributed by atoms with van der Waals surface area (Å²) in [6.07, 6.45) is 23.8. The molecule has 2 aromatic carbocycles. The second-order valence-corrected chi connectivity index (χ2v) is 7.70. The quantitative estimate of drug-likeness (QED) is 0.290. The third-order valence-corrected chi connectivity index (χ3v) is 4.04. The molecule has 0 nitrogen and oxygen atoms in total. The zero-order valence-corrected chi connectivity index (χ0v) is 25.8. The molecule has 34 heavy (non-hydrogen) atoms. The average Bonchev–Trinajstić information content (AvgIpc) is 3.61. The van der Waals surface area contributed by atoms with Crippen LogP contribution in [0.15, 0.2) is 97.1 Å². The molecule has 0 radical (unpaired) electrons. The molecule has 2 aliphatic rings. The van der Waals surface area contributed by atoms with Crippen molar-refractivity contribution in [2.75, 3.05) is 0 Å². The first-order valence-electron chi connectivity index (χ1n) is 12.7. The summed E-state index contributed by atoms with van der Waals surface area (Å²) >= 11 is 0. The summed E-state index contributed by atoms with van der Waals surface area (Å²) in [6.45, 7) is 14.9. The Labute approximate surface area is 227 Å². The maximum absolute atomic E-state index is 2.97. The third kappa shape index (κ3) is 28.1. The number of hydrogen-bond donors (Lipinski definition) is 0. The number of benzene rings is 2. The molecule has 0 heterocycles.